The van der Waals surface area contributed by atoms with E-state index < -0.39 is 10.0 Å². The molecule has 0 aromatic heterocycles. The molecule has 3 aromatic carbocycles. The summed E-state index contributed by atoms with van der Waals surface area (Å²) in [7, 11) is 0.938. The van der Waals surface area contributed by atoms with Crippen molar-refractivity contribution in [1.29, 1.82) is 5.26 Å². The summed E-state index contributed by atoms with van der Waals surface area (Å²) in [6, 6.07) is 21.9. The molecule has 206 valence electrons. The molecule has 1 aliphatic heterocycles. The molecule has 1 aliphatic rings. The first kappa shape index (κ1) is 28.4. The van der Waals surface area contributed by atoms with Gasteiger partial charge in [-0.25, -0.2) is 8.42 Å². The third-order valence-corrected chi connectivity index (χ3v) is 8.64. The van der Waals surface area contributed by atoms with Crippen LogP contribution in [0.15, 0.2) is 71.6 Å². The number of hydrogen-bond acceptors (Lipinski definition) is 8. The molecule has 0 saturated carbocycles. The lowest BCUT2D eigenvalue weighted by Gasteiger charge is -2.36. The van der Waals surface area contributed by atoms with Crippen LogP contribution in [0.3, 0.4) is 0 Å². The second kappa shape index (κ2) is 13.0. The van der Waals surface area contributed by atoms with Crippen molar-refractivity contribution in [1.82, 2.24) is 9.21 Å². The highest BCUT2D eigenvalue weighted by molar-refractivity contribution is 7.89. The Bertz CT molecular complexity index is 1400. The highest BCUT2D eigenvalue weighted by atomic mass is 32.2. The second-order valence-corrected chi connectivity index (χ2v) is 11.0. The zero-order chi connectivity index (χ0) is 27.8. The van der Waals surface area contributed by atoms with Crippen LogP contribution in [-0.4, -0.2) is 71.7 Å². The zero-order valence-electron chi connectivity index (χ0n) is 22.4. The molecule has 0 amide bonds. The molecule has 9 nitrogen and oxygen atoms in total. The summed E-state index contributed by atoms with van der Waals surface area (Å²) in [6.07, 6.45) is -0.259. The summed E-state index contributed by atoms with van der Waals surface area (Å²) < 4.78 is 50.5. The van der Waals surface area contributed by atoms with E-state index in [1.807, 2.05) is 36.4 Å². The van der Waals surface area contributed by atoms with Crippen LogP contribution in [-0.2, 0) is 21.4 Å². The molecular formula is C29H33N3O6S. The van der Waals surface area contributed by atoms with Crippen LogP contribution in [0.4, 0.5) is 0 Å². The van der Waals surface area contributed by atoms with Gasteiger partial charge in [-0.1, -0.05) is 24.3 Å². The molecule has 1 fully saturated rings. The van der Waals surface area contributed by atoms with Crippen molar-refractivity contribution in [2.24, 2.45) is 0 Å². The number of piperazine rings is 1. The van der Waals surface area contributed by atoms with Crippen LogP contribution in [0.5, 0.6) is 17.2 Å². The van der Waals surface area contributed by atoms with Crippen LogP contribution in [0, 0.1) is 11.3 Å². The Kier molecular flexibility index (Phi) is 9.43. The molecular weight excluding hydrogens is 518 g/mol. The lowest BCUT2D eigenvalue weighted by atomic mass is 10.1. The van der Waals surface area contributed by atoms with Gasteiger partial charge in [0.15, 0.2) is 11.5 Å². The maximum Gasteiger partial charge on any atom is 0.243 e. The largest absolute Gasteiger partial charge is 0.497 e. The highest BCUT2D eigenvalue weighted by Gasteiger charge is 2.30. The Hall–Kier alpha value is -3.62. The van der Waals surface area contributed by atoms with Gasteiger partial charge in [0.05, 0.1) is 50.6 Å². The van der Waals surface area contributed by atoms with Gasteiger partial charge < -0.3 is 18.9 Å². The van der Waals surface area contributed by atoms with Gasteiger partial charge in [0, 0.05) is 38.8 Å². The molecule has 10 heteroatoms. The maximum atomic E-state index is 13.3. The minimum absolute atomic E-state index is 0.175. The molecule has 1 saturated heterocycles. The summed E-state index contributed by atoms with van der Waals surface area (Å²) in [5.41, 5.74) is 2.54. The number of benzene rings is 3. The topological polar surface area (TPSA) is 101 Å². The number of ether oxygens (including phenoxy) is 4. The van der Waals surface area contributed by atoms with Crippen LogP contribution in [0.25, 0.3) is 0 Å². The average Bonchev–Trinajstić information content (AvgIpc) is 2.99. The molecule has 1 heterocycles. The van der Waals surface area contributed by atoms with Gasteiger partial charge >= 0.3 is 0 Å². The first-order chi connectivity index (χ1) is 18.9. The number of sulfonamides is 1. The summed E-state index contributed by atoms with van der Waals surface area (Å²) >= 11 is 0. The minimum atomic E-state index is -3.68. The number of methoxy groups -OCH3 is 3. The van der Waals surface area contributed by atoms with Gasteiger partial charge in [-0.15, -0.1) is 0 Å². The van der Waals surface area contributed by atoms with Crippen molar-refractivity contribution in [3.63, 3.8) is 0 Å². The van der Waals surface area contributed by atoms with Crippen molar-refractivity contribution in [2.75, 3.05) is 54.1 Å². The Morgan fingerprint density at radius 2 is 1.59 bits per heavy atom. The Labute approximate surface area is 230 Å². The third kappa shape index (κ3) is 6.88. The van der Waals surface area contributed by atoms with E-state index in [9.17, 15) is 8.42 Å². The molecule has 0 N–H and O–H groups in total. The van der Waals surface area contributed by atoms with Crippen molar-refractivity contribution < 1.29 is 27.4 Å². The predicted molar refractivity (Wildman–Crippen MR) is 146 cm³/mol. The van der Waals surface area contributed by atoms with Gasteiger partial charge in [-0.05, 0) is 47.5 Å². The number of rotatable bonds is 11. The molecule has 0 aliphatic carbocycles. The first-order valence-electron chi connectivity index (χ1n) is 12.6. The van der Waals surface area contributed by atoms with Crippen molar-refractivity contribution in [3.8, 4) is 23.3 Å². The first-order valence-corrected chi connectivity index (χ1v) is 14.0. The standard InChI is InChI=1S/C29H33N3O6S/c1-35-25-6-4-5-24(17-25)29(38-21-23-9-7-22(19-30)8-10-23)20-31-13-15-32(16-14-31)39(33,34)26-11-12-27(36-2)28(18-26)37-3/h4-12,17-18,29H,13-16,20-21H2,1-3H3/t29-/m0/s1. The molecule has 0 bridgehead atoms. The van der Waals surface area contributed by atoms with Crippen LogP contribution >= 0.6 is 0 Å². The van der Waals surface area contributed by atoms with Gasteiger partial charge in [0.2, 0.25) is 10.0 Å². The summed E-state index contributed by atoms with van der Waals surface area (Å²) in [6.45, 7) is 2.81. The molecule has 0 spiro atoms. The summed E-state index contributed by atoms with van der Waals surface area (Å²) in [4.78, 5) is 2.39. The van der Waals surface area contributed by atoms with Gasteiger partial charge in [0.25, 0.3) is 0 Å². The third-order valence-electron chi connectivity index (χ3n) is 6.75. The quantitative estimate of drug-likeness (QED) is 0.354. The molecule has 0 radical (unpaired) electrons. The average molecular weight is 552 g/mol. The lowest BCUT2D eigenvalue weighted by Crippen LogP contribution is -2.49. The SMILES string of the molecule is COc1cccc([C@H](CN2CCN(S(=O)(=O)c3ccc(OC)c(OC)c3)CC2)OCc2ccc(C#N)cc2)c1. The Morgan fingerprint density at radius 3 is 2.23 bits per heavy atom. The molecule has 3 aromatic rings. The smallest absolute Gasteiger partial charge is 0.243 e. The van der Waals surface area contributed by atoms with Gasteiger partial charge in [-0.3, -0.25) is 4.90 Å². The second-order valence-electron chi connectivity index (χ2n) is 9.11. The lowest BCUT2D eigenvalue weighted by molar-refractivity contribution is 0.00763. The van der Waals surface area contributed by atoms with E-state index in [1.165, 1.54) is 24.6 Å². The fourth-order valence-electron chi connectivity index (χ4n) is 4.48. The van der Waals surface area contributed by atoms with E-state index in [0.717, 1.165) is 16.9 Å². The number of hydrogen-bond donors (Lipinski definition) is 0. The molecule has 39 heavy (non-hydrogen) atoms. The Balaban J connectivity index is 1.44. The van der Waals surface area contributed by atoms with E-state index in [-0.39, 0.29) is 11.0 Å². The number of nitriles is 1. The summed E-state index contributed by atoms with van der Waals surface area (Å²) in [5.74, 6) is 1.59. The number of nitrogens with zero attached hydrogens (tertiary/aromatic N) is 3. The highest BCUT2D eigenvalue weighted by Crippen LogP contribution is 2.31. The van der Waals surface area contributed by atoms with Gasteiger partial charge in [0.1, 0.15) is 5.75 Å². The maximum absolute atomic E-state index is 13.3. The van der Waals surface area contributed by atoms with Crippen molar-refractivity contribution in [3.05, 3.63) is 83.4 Å². The monoisotopic (exact) mass is 551 g/mol. The molecule has 0 unspecified atom stereocenters. The van der Waals surface area contributed by atoms with E-state index >= 15 is 0 Å². The normalized spacial score (nSPS) is 15.3. The minimum Gasteiger partial charge on any atom is -0.497 e. The predicted octanol–water partition coefficient (Wildman–Crippen LogP) is 3.85. The molecule has 4 rings (SSSR count). The van der Waals surface area contributed by atoms with Crippen molar-refractivity contribution in [2.45, 2.75) is 17.6 Å². The fourth-order valence-corrected chi connectivity index (χ4v) is 5.92. The van der Waals surface area contributed by atoms with Crippen LogP contribution in [0.2, 0.25) is 0 Å². The van der Waals surface area contributed by atoms with Gasteiger partial charge in [-0.2, -0.15) is 9.57 Å². The molecule has 1 atom stereocenters. The van der Waals surface area contributed by atoms with Crippen LogP contribution in [0.1, 0.15) is 22.8 Å². The van der Waals surface area contributed by atoms with E-state index in [4.69, 9.17) is 24.2 Å². The van der Waals surface area contributed by atoms with E-state index in [2.05, 4.69) is 11.0 Å². The van der Waals surface area contributed by atoms with E-state index in [1.54, 1.807) is 31.4 Å². The van der Waals surface area contributed by atoms with Crippen molar-refractivity contribution >= 4 is 10.0 Å². The Morgan fingerprint density at radius 1 is 0.872 bits per heavy atom. The summed E-state index contributed by atoms with van der Waals surface area (Å²) in [5, 5.41) is 9.06. The van der Waals surface area contributed by atoms with E-state index in [0.29, 0.717) is 56.4 Å². The van der Waals surface area contributed by atoms with Crippen LogP contribution < -0.4 is 14.2 Å². The zero-order valence-corrected chi connectivity index (χ0v) is 23.2. The fraction of sp³-hybridized carbons (Fsp3) is 0.345.